The molecule has 0 aliphatic rings. The second-order valence-corrected chi connectivity index (χ2v) is 13.0. The van der Waals surface area contributed by atoms with Crippen LogP contribution in [0.15, 0.2) is 60.7 Å². The number of benzene rings is 2. The molecule has 244 valence electrons. The minimum absolute atomic E-state index is 0.433. The third-order valence-corrected chi connectivity index (χ3v) is 9.06. The van der Waals surface area contributed by atoms with Gasteiger partial charge in [-0.3, -0.25) is 4.52 Å². The molecule has 0 bridgehead atoms. The predicted octanol–water partition coefficient (Wildman–Crippen LogP) is 13.0. The maximum atomic E-state index is 6.42. The summed E-state index contributed by atoms with van der Waals surface area (Å²) in [6.07, 6.45) is 27.9. The van der Waals surface area contributed by atoms with E-state index in [2.05, 4.69) is 13.8 Å². The summed E-state index contributed by atoms with van der Waals surface area (Å²) in [7, 11) is -1.50. The highest BCUT2D eigenvalue weighted by Crippen LogP contribution is 2.41. The Kier molecular flexibility index (Phi) is 24.4. The normalized spacial score (nSPS) is 12.1. The molecule has 2 rings (SSSR count). The minimum Gasteiger partial charge on any atom is -0.418 e. The van der Waals surface area contributed by atoms with Gasteiger partial charge in [0.25, 0.3) is 0 Å². The molecule has 0 spiro atoms. The smallest absolute Gasteiger partial charge is 0.418 e. The molecule has 0 N–H and O–H groups in total. The van der Waals surface area contributed by atoms with E-state index in [9.17, 15) is 0 Å². The van der Waals surface area contributed by atoms with Gasteiger partial charge in [-0.2, -0.15) is 0 Å². The molecule has 0 amide bonds. The van der Waals surface area contributed by atoms with Crippen molar-refractivity contribution in [3.63, 3.8) is 0 Å². The van der Waals surface area contributed by atoms with Gasteiger partial charge in [-0.05, 0) is 49.9 Å². The first-order valence-electron chi connectivity index (χ1n) is 17.8. The summed E-state index contributed by atoms with van der Waals surface area (Å²) in [4.78, 5) is 0. The highest BCUT2D eigenvalue weighted by Gasteiger charge is 2.17. The van der Waals surface area contributed by atoms with E-state index < -0.39 is 8.60 Å². The van der Waals surface area contributed by atoms with E-state index in [-0.39, 0.29) is 0 Å². The largest absolute Gasteiger partial charge is 0.463 e. The van der Waals surface area contributed by atoms with Crippen LogP contribution in [0.1, 0.15) is 149 Å². The fourth-order valence-electron chi connectivity index (χ4n) is 5.30. The van der Waals surface area contributed by atoms with Gasteiger partial charge in [0.1, 0.15) is 11.5 Å². The average Bonchev–Trinajstić information content (AvgIpc) is 3.03. The first kappa shape index (κ1) is 37.6. The van der Waals surface area contributed by atoms with Crippen LogP contribution in [0.25, 0.3) is 0 Å². The second-order valence-electron chi connectivity index (χ2n) is 11.9. The average molecular weight is 615 g/mol. The summed E-state index contributed by atoms with van der Waals surface area (Å²) in [5, 5.41) is 0. The summed E-state index contributed by atoms with van der Waals surface area (Å²) in [6, 6.07) is 19.6. The molecule has 5 heteroatoms. The Morgan fingerprint density at radius 1 is 0.465 bits per heavy atom. The van der Waals surface area contributed by atoms with Gasteiger partial charge in [-0.1, -0.05) is 159 Å². The molecule has 0 aromatic heterocycles. The summed E-state index contributed by atoms with van der Waals surface area (Å²) in [5.41, 5.74) is 0. The molecule has 1 atom stereocenters. The Hall–Kier alpha value is -1.61. The highest BCUT2D eigenvalue weighted by molar-refractivity contribution is 7.42. The molecule has 0 heterocycles. The van der Waals surface area contributed by atoms with Crippen LogP contribution < -0.4 is 9.05 Å². The number of rotatable bonds is 30. The van der Waals surface area contributed by atoms with Gasteiger partial charge in [-0.15, -0.1) is 0 Å². The number of para-hydroxylation sites is 2. The SMILES string of the molecule is CCCCCCCCCCCCCOC(CCCCCC)CCCCCCOP(Oc1ccccc1)Oc1ccccc1. The molecule has 0 aliphatic carbocycles. The predicted molar refractivity (Wildman–Crippen MR) is 185 cm³/mol. The van der Waals surface area contributed by atoms with Crippen molar-refractivity contribution in [2.24, 2.45) is 0 Å². The maximum Gasteiger partial charge on any atom is 0.463 e. The molecule has 4 nitrogen and oxygen atoms in total. The molecule has 0 aliphatic heterocycles. The molecular weight excluding hydrogens is 551 g/mol. The van der Waals surface area contributed by atoms with Crippen molar-refractivity contribution in [1.82, 2.24) is 0 Å². The van der Waals surface area contributed by atoms with E-state index in [1.165, 1.54) is 122 Å². The number of ether oxygens (including phenoxy) is 1. The zero-order valence-corrected chi connectivity index (χ0v) is 28.6. The molecule has 43 heavy (non-hydrogen) atoms. The third-order valence-electron chi connectivity index (χ3n) is 7.94. The maximum absolute atomic E-state index is 6.42. The van der Waals surface area contributed by atoms with Crippen LogP contribution in [0.5, 0.6) is 11.5 Å². The molecule has 0 radical (unpaired) electrons. The molecule has 0 saturated heterocycles. The van der Waals surface area contributed by atoms with Gasteiger partial charge in [0, 0.05) is 6.61 Å². The van der Waals surface area contributed by atoms with Crippen LogP contribution >= 0.6 is 8.60 Å². The van der Waals surface area contributed by atoms with E-state index in [4.69, 9.17) is 18.3 Å². The van der Waals surface area contributed by atoms with Crippen molar-refractivity contribution in [2.45, 2.75) is 155 Å². The zero-order chi connectivity index (χ0) is 30.5. The van der Waals surface area contributed by atoms with Crippen LogP contribution in [0.4, 0.5) is 0 Å². The van der Waals surface area contributed by atoms with Crippen LogP contribution in [0, 0.1) is 0 Å². The molecule has 2 aromatic rings. The van der Waals surface area contributed by atoms with Crippen LogP contribution in [0.3, 0.4) is 0 Å². The lowest BCUT2D eigenvalue weighted by molar-refractivity contribution is 0.0357. The van der Waals surface area contributed by atoms with Crippen molar-refractivity contribution >= 4 is 8.60 Å². The van der Waals surface area contributed by atoms with E-state index >= 15 is 0 Å². The Balaban J connectivity index is 1.57. The Morgan fingerprint density at radius 2 is 0.860 bits per heavy atom. The standard InChI is InChI=1S/C38H63O4P/c1-3-5-7-9-10-11-12-13-14-16-26-34-39-36(28-20-8-6-4-2)29-21-15-17-27-35-40-43(41-37-30-22-18-23-31-37)42-38-32-24-19-25-33-38/h18-19,22-25,30-33,36H,3-17,20-21,26-29,34-35H2,1-2H3. The van der Waals surface area contributed by atoms with E-state index in [1.54, 1.807) is 0 Å². The lowest BCUT2D eigenvalue weighted by Gasteiger charge is -2.19. The molecular formula is C38H63O4P. The van der Waals surface area contributed by atoms with Gasteiger partial charge < -0.3 is 13.8 Å². The fourth-order valence-corrected chi connectivity index (χ4v) is 6.31. The second kappa shape index (κ2) is 27.9. The van der Waals surface area contributed by atoms with E-state index in [0.29, 0.717) is 12.7 Å². The van der Waals surface area contributed by atoms with Crippen molar-refractivity contribution in [3.05, 3.63) is 60.7 Å². The zero-order valence-electron chi connectivity index (χ0n) is 27.7. The van der Waals surface area contributed by atoms with Gasteiger partial charge in [-0.25, -0.2) is 0 Å². The number of hydrogen-bond acceptors (Lipinski definition) is 4. The van der Waals surface area contributed by atoms with E-state index in [0.717, 1.165) is 30.9 Å². The Morgan fingerprint density at radius 3 is 1.35 bits per heavy atom. The highest BCUT2D eigenvalue weighted by atomic mass is 31.2. The number of unbranched alkanes of at least 4 members (excludes halogenated alkanes) is 16. The fraction of sp³-hybridized carbons (Fsp3) is 0.684. The molecule has 2 aromatic carbocycles. The lowest BCUT2D eigenvalue weighted by atomic mass is 10.0. The van der Waals surface area contributed by atoms with Crippen molar-refractivity contribution in [1.29, 1.82) is 0 Å². The summed E-state index contributed by atoms with van der Waals surface area (Å²) in [5.74, 6) is 1.53. The quantitative estimate of drug-likeness (QED) is 0.0648. The van der Waals surface area contributed by atoms with Gasteiger partial charge in [0.05, 0.1) is 12.7 Å². The van der Waals surface area contributed by atoms with Crippen LogP contribution in [0.2, 0.25) is 0 Å². The monoisotopic (exact) mass is 614 g/mol. The molecule has 0 saturated carbocycles. The first-order valence-corrected chi connectivity index (χ1v) is 18.9. The molecule has 1 unspecified atom stereocenters. The lowest BCUT2D eigenvalue weighted by Crippen LogP contribution is -2.14. The van der Waals surface area contributed by atoms with Crippen molar-refractivity contribution in [3.8, 4) is 11.5 Å². The Labute approximate surface area is 266 Å². The van der Waals surface area contributed by atoms with Crippen molar-refractivity contribution < 1.29 is 18.3 Å². The summed E-state index contributed by atoms with van der Waals surface area (Å²) in [6.45, 7) is 6.16. The summed E-state index contributed by atoms with van der Waals surface area (Å²) < 4.78 is 24.6. The van der Waals surface area contributed by atoms with Crippen LogP contribution in [-0.2, 0) is 9.26 Å². The topological polar surface area (TPSA) is 36.9 Å². The van der Waals surface area contributed by atoms with Crippen molar-refractivity contribution in [2.75, 3.05) is 13.2 Å². The minimum atomic E-state index is -1.50. The Bertz CT molecular complexity index is 793. The molecule has 0 fully saturated rings. The van der Waals surface area contributed by atoms with Gasteiger partial charge in [0.2, 0.25) is 0 Å². The van der Waals surface area contributed by atoms with Crippen LogP contribution in [-0.4, -0.2) is 19.3 Å². The van der Waals surface area contributed by atoms with E-state index in [1.807, 2.05) is 60.7 Å². The summed E-state index contributed by atoms with van der Waals surface area (Å²) >= 11 is 0. The first-order chi connectivity index (χ1) is 21.3. The third kappa shape index (κ3) is 21.7. The number of hydrogen-bond donors (Lipinski definition) is 0. The van der Waals surface area contributed by atoms with Gasteiger partial charge >= 0.3 is 8.60 Å². The van der Waals surface area contributed by atoms with Gasteiger partial charge in [0.15, 0.2) is 0 Å².